The molecule has 1 aromatic rings. The van der Waals surface area contributed by atoms with E-state index in [1.54, 1.807) is 0 Å². The number of hydrogen-bond donors (Lipinski definition) is 0. The minimum atomic E-state index is 0.193. The summed E-state index contributed by atoms with van der Waals surface area (Å²) in [5.41, 5.74) is 1.23. The average molecular weight is 262 g/mol. The number of alkyl halides is 1. The van der Waals surface area contributed by atoms with E-state index in [1.807, 2.05) is 25.1 Å². The van der Waals surface area contributed by atoms with Gasteiger partial charge < -0.3 is 4.74 Å². The van der Waals surface area contributed by atoms with Crippen LogP contribution >= 0.6 is 22.6 Å². The topological polar surface area (TPSA) is 9.23 Å². The lowest BCUT2D eigenvalue weighted by atomic mass is 10.2. The third kappa shape index (κ3) is 2.79. The highest BCUT2D eigenvalue weighted by Crippen LogP contribution is 2.23. The molecular weight excluding hydrogens is 251 g/mol. The van der Waals surface area contributed by atoms with E-state index in [0.29, 0.717) is 0 Å². The molecule has 0 aliphatic carbocycles. The Morgan fingerprint density at radius 3 is 2.55 bits per heavy atom. The molecule has 0 amide bonds. The zero-order valence-electron chi connectivity index (χ0n) is 6.46. The van der Waals surface area contributed by atoms with Crippen LogP contribution < -0.4 is 0 Å². The molecule has 1 rings (SSSR count). The SMILES string of the molecule is CCOC(I)c1ccccc1. The molecule has 0 fully saturated rings. The Kier molecular flexibility index (Phi) is 3.86. The van der Waals surface area contributed by atoms with Gasteiger partial charge in [-0.15, -0.1) is 0 Å². The molecule has 11 heavy (non-hydrogen) atoms. The van der Waals surface area contributed by atoms with Gasteiger partial charge in [-0.05, 0) is 35.1 Å². The molecule has 0 bridgehead atoms. The summed E-state index contributed by atoms with van der Waals surface area (Å²) >= 11 is 2.29. The van der Waals surface area contributed by atoms with Gasteiger partial charge in [-0.2, -0.15) is 0 Å². The van der Waals surface area contributed by atoms with Gasteiger partial charge in [0.25, 0.3) is 0 Å². The fraction of sp³-hybridized carbons (Fsp3) is 0.333. The van der Waals surface area contributed by atoms with E-state index in [0.717, 1.165) is 6.61 Å². The molecule has 1 atom stereocenters. The summed E-state index contributed by atoms with van der Waals surface area (Å²) in [4.78, 5) is 0. The second kappa shape index (κ2) is 4.72. The predicted molar refractivity (Wildman–Crippen MR) is 54.8 cm³/mol. The zero-order valence-corrected chi connectivity index (χ0v) is 8.61. The van der Waals surface area contributed by atoms with Crippen LogP contribution in [0.15, 0.2) is 30.3 Å². The molecule has 1 aromatic carbocycles. The maximum absolute atomic E-state index is 5.41. The van der Waals surface area contributed by atoms with Crippen LogP contribution in [-0.4, -0.2) is 6.61 Å². The summed E-state index contributed by atoms with van der Waals surface area (Å²) in [5, 5.41) is 0. The molecule has 1 nitrogen and oxygen atoms in total. The van der Waals surface area contributed by atoms with Crippen molar-refractivity contribution < 1.29 is 4.74 Å². The minimum absolute atomic E-state index is 0.193. The van der Waals surface area contributed by atoms with E-state index in [2.05, 4.69) is 34.7 Å². The Morgan fingerprint density at radius 2 is 2.00 bits per heavy atom. The fourth-order valence-corrected chi connectivity index (χ4v) is 1.62. The molecule has 0 N–H and O–H groups in total. The van der Waals surface area contributed by atoms with Crippen LogP contribution in [0.3, 0.4) is 0 Å². The number of halogens is 1. The highest BCUT2D eigenvalue weighted by Gasteiger charge is 2.03. The lowest BCUT2D eigenvalue weighted by Crippen LogP contribution is -1.94. The lowest BCUT2D eigenvalue weighted by Gasteiger charge is -2.08. The molecule has 2 heteroatoms. The highest BCUT2D eigenvalue weighted by molar-refractivity contribution is 14.1. The van der Waals surface area contributed by atoms with Gasteiger partial charge in [-0.25, -0.2) is 0 Å². The Balaban J connectivity index is 2.61. The van der Waals surface area contributed by atoms with Gasteiger partial charge in [0.2, 0.25) is 0 Å². The van der Waals surface area contributed by atoms with Crippen molar-refractivity contribution in [1.29, 1.82) is 0 Å². The second-order valence-electron chi connectivity index (χ2n) is 2.18. The molecule has 60 valence electrons. The van der Waals surface area contributed by atoms with Crippen LogP contribution in [0.2, 0.25) is 0 Å². The largest absolute Gasteiger partial charge is 0.363 e. The Hall–Kier alpha value is -0.0900. The first-order valence-electron chi connectivity index (χ1n) is 3.65. The van der Waals surface area contributed by atoms with Gasteiger partial charge in [0.15, 0.2) is 0 Å². The van der Waals surface area contributed by atoms with Gasteiger partial charge in [-0.3, -0.25) is 0 Å². The first-order chi connectivity index (χ1) is 5.34. The van der Waals surface area contributed by atoms with E-state index in [4.69, 9.17) is 4.74 Å². The van der Waals surface area contributed by atoms with Crippen molar-refractivity contribution in [3.8, 4) is 0 Å². The Labute approximate surface area is 80.9 Å². The standard InChI is InChI=1S/C9H11IO/c1-2-11-9(10)8-6-4-3-5-7-8/h3-7,9H,2H2,1H3. The third-order valence-electron chi connectivity index (χ3n) is 1.37. The molecule has 0 radical (unpaired) electrons. The van der Waals surface area contributed by atoms with Gasteiger partial charge >= 0.3 is 0 Å². The van der Waals surface area contributed by atoms with Crippen molar-refractivity contribution >= 4 is 22.6 Å². The monoisotopic (exact) mass is 262 g/mol. The summed E-state index contributed by atoms with van der Waals surface area (Å²) < 4.78 is 5.61. The van der Waals surface area contributed by atoms with Crippen LogP contribution in [0.4, 0.5) is 0 Å². The van der Waals surface area contributed by atoms with Crippen LogP contribution in [0.25, 0.3) is 0 Å². The molecule has 0 saturated heterocycles. The molecule has 0 aromatic heterocycles. The highest BCUT2D eigenvalue weighted by atomic mass is 127. The number of benzene rings is 1. The zero-order chi connectivity index (χ0) is 8.10. The maximum atomic E-state index is 5.41. The molecule has 0 aliphatic heterocycles. The normalized spacial score (nSPS) is 12.9. The third-order valence-corrected chi connectivity index (χ3v) is 2.45. The average Bonchev–Trinajstić information content (AvgIpc) is 2.07. The van der Waals surface area contributed by atoms with Gasteiger partial charge in [-0.1, -0.05) is 30.3 Å². The number of rotatable bonds is 3. The van der Waals surface area contributed by atoms with E-state index < -0.39 is 0 Å². The van der Waals surface area contributed by atoms with Crippen molar-refractivity contribution in [2.45, 2.75) is 11.0 Å². The summed E-state index contributed by atoms with van der Waals surface area (Å²) in [7, 11) is 0. The van der Waals surface area contributed by atoms with Crippen LogP contribution in [-0.2, 0) is 4.74 Å². The van der Waals surface area contributed by atoms with E-state index in [9.17, 15) is 0 Å². The lowest BCUT2D eigenvalue weighted by molar-refractivity contribution is 0.137. The summed E-state index contributed by atoms with van der Waals surface area (Å²) in [6.07, 6.45) is 0. The fourth-order valence-electron chi connectivity index (χ4n) is 0.847. The molecule has 0 saturated carbocycles. The minimum Gasteiger partial charge on any atom is -0.363 e. The first kappa shape index (κ1) is 9.00. The molecule has 0 spiro atoms. The van der Waals surface area contributed by atoms with Crippen molar-refractivity contribution in [2.24, 2.45) is 0 Å². The smallest absolute Gasteiger partial charge is 0.133 e. The van der Waals surface area contributed by atoms with Gasteiger partial charge in [0.05, 0.1) is 0 Å². The Bertz CT molecular complexity index is 198. The number of hydrogen-bond acceptors (Lipinski definition) is 1. The summed E-state index contributed by atoms with van der Waals surface area (Å²) in [5.74, 6) is 0. The second-order valence-corrected chi connectivity index (χ2v) is 3.31. The van der Waals surface area contributed by atoms with Crippen molar-refractivity contribution in [3.63, 3.8) is 0 Å². The molecule has 0 aliphatic rings. The van der Waals surface area contributed by atoms with Crippen molar-refractivity contribution in [3.05, 3.63) is 35.9 Å². The quantitative estimate of drug-likeness (QED) is 0.600. The maximum Gasteiger partial charge on any atom is 0.133 e. The van der Waals surface area contributed by atoms with E-state index >= 15 is 0 Å². The van der Waals surface area contributed by atoms with Crippen LogP contribution in [0.1, 0.15) is 16.6 Å². The molecular formula is C9H11IO. The predicted octanol–water partition coefficient (Wildman–Crippen LogP) is 3.16. The van der Waals surface area contributed by atoms with Crippen LogP contribution in [0.5, 0.6) is 0 Å². The first-order valence-corrected chi connectivity index (χ1v) is 4.89. The summed E-state index contributed by atoms with van der Waals surface area (Å²) in [6.45, 7) is 2.77. The summed E-state index contributed by atoms with van der Waals surface area (Å²) in [6, 6.07) is 10.2. The van der Waals surface area contributed by atoms with E-state index in [-0.39, 0.29) is 4.11 Å². The van der Waals surface area contributed by atoms with Crippen LogP contribution in [0, 0.1) is 0 Å². The Morgan fingerprint density at radius 1 is 1.36 bits per heavy atom. The van der Waals surface area contributed by atoms with E-state index in [1.165, 1.54) is 5.56 Å². The number of ether oxygens (including phenoxy) is 1. The molecule has 1 unspecified atom stereocenters. The molecule has 0 heterocycles. The van der Waals surface area contributed by atoms with Gasteiger partial charge in [0, 0.05) is 6.61 Å². The van der Waals surface area contributed by atoms with Crippen molar-refractivity contribution in [1.82, 2.24) is 0 Å². The van der Waals surface area contributed by atoms with Crippen molar-refractivity contribution in [2.75, 3.05) is 6.61 Å². The van der Waals surface area contributed by atoms with Gasteiger partial charge in [0.1, 0.15) is 4.11 Å².